The molecule has 0 atom stereocenters. The van der Waals surface area contributed by atoms with Gasteiger partial charge in [-0.15, -0.1) is 0 Å². The van der Waals surface area contributed by atoms with Crippen molar-refractivity contribution in [2.75, 3.05) is 13.7 Å². The molecule has 0 spiro atoms. The molecule has 1 heterocycles. The summed E-state index contributed by atoms with van der Waals surface area (Å²) < 4.78 is 20.7. The molecule has 0 saturated carbocycles. The van der Waals surface area contributed by atoms with Gasteiger partial charge in [-0.3, -0.25) is 4.79 Å². The molecule has 0 aliphatic heterocycles. The summed E-state index contributed by atoms with van der Waals surface area (Å²) in [6.07, 6.45) is 0.643. The number of rotatable bonds is 7. The van der Waals surface area contributed by atoms with Crippen molar-refractivity contribution in [1.82, 2.24) is 0 Å². The Labute approximate surface area is 154 Å². The van der Waals surface area contributed by atoms with Gasteiger partial charge in [-0.2, -0.15) is 0 Å². The molecule has 138 valence electrons. The second kappa shape index (κ2) is 8.18. The van der Waals surface area contributed by atoms with Gasteiger partial charge >= 0.3 is 11.6 Å². The van der Waals surface area contributed by atoms with Crippen LogP contribution in [0.25, 0.3) is 11.0 Å². The molecule has 0 radical (unpaired) electrons. The SMILES string of the molecule is COc1ccc2c(COC(=O)COc3ccccc3C=O)cc(=O)oc2c1. The maximum absolute atomic E-state index is 12.0. The molecule has 0 saturated heterocycles. The number of ether oxygens (including phenoxy) is 3. The Morgan fingerprint density at radius 2 is 1.96 bits per heavy atom. The zero-order chi connectivity index (χ0) is 19.2. The largest absolute Gasteiger partial charge is 0.497 e. The molecule has 0 bridgehead atoms. The Kier molecular flexibility index (Phi) is 5.51. The third-order valence-electron chi connectivity index (χ3n) is 3.82. The van der Waals surface area contributed by atoms with Crippen LogP contribution < -0.4 is 15.1 Å². The fourth-order valence-corrected chi connectivity index (χ4v) is 2.50. The van der Waals surface area contributed by atoms with Crippen LogP contribution in [0.4, 0.5) is 0 Å². The van der Waals surface area contributed by atoms with Crippen molar-refractivity contribution in [1.29, 1.82) is 0 Å². The van der Waals surface area contributed by atoms with Gasteiger partial charge in [0, 0.05) is 23.1 Å². The van der Waals surface area contributed by atoms with Crippen LogP contribution in [0.1, 0.15) is 15.9 Å². The Balaban J connectivity index is 1.68. The van der Waals surface area contributed by atoms with Gasteiger partial charge < -0.3 is 18.6 Å². The van der Waals surface area contributed by atoms with E-state index in [9.17, 15) is 14.4 Å². The summed E-state index contributed by atoms with van der Waals surface area (Å²) in [5.41, 5.74) is 0.624. The van der Waals surface area contributed by atoms with Gasteiger partial charge in [-0.25, -0.2) is 9.59 Å². The summed E-state index contributed by atoms with van der Waals surface area (Å²) in [6, 6.07) is 12.8. The molecule has 0 amide bonds. The predicted molar refractivity (Wildman–Crippen MR) is 96.2 cm³/mol. The van der Waals surface area contributed by atoms with E-state index in [0.29, 0.717) is 39.9 Å². The minimum atomic E-state index is -0.634. The van der Waals surface area contributed by atoms with Crippen molar-refractivity contribution in [2.45, 2.75) is 6.61 Å². The van der Waals surface area contributed by atoms with E-state index in [0.717, 1.165) is 0 Å². The lowest BCUT2D eigenvalue weighted by Crippen LogP contribution is -2.16. The molecule has 0 fully saturated rings. The minimum Gasteiger partial charge on any atom is -0.497 e. The van der Waals surface area contributed by atoms with Gasteiger partial charge in [0.05, 0.1) is 12.7 Å². The fraction of sp³-hybridized carbons (Fsp3) is 0.150. The minimum absolute atomic E-state index is 0.119. The number of carbonyl (C=O) groups excluding carboxylic acids is 2. The number of methoxy groups -OCH3 is 1. The molecule has 0 unspecified atom stereocenters. The monoisotopic (exact) mass is 368 g/mol. The highest BCUT2D eigenvalue weighted by molar-refractivity contribution is 5.82. The number of esters is 1. The summed E-state index contributed by atoms with van der Waals surface area (Å²) in [4.78, 5) is 34.6. The van der Waals surface area contributed by atoms with Crippen molar-refractivity contribution < 1.29 is 28.2 Å². The predicted octanol–water partition coefficient (Wildman–Crippen LogP) is 2.74. The van der Waals surface area contributed by atoms with Crippen LogP contribution in [-0.2, 0) is 16.1 Å². The first-order valence-corrected chi connectivity index (χ1v) is 8.04. The number of aldehydes is 1. The van der Waals surface area contributed by atoms with Crippen molar-refractivity contribution in [2.24, 2.45) is 0 Å². The maximum Gasteiger partial charge on any atom is 0.344 e. The Morgan fingerprint density at radius 1 is 1.15 bits per heavy atom. The first-order valence-electron chi connectivity index (χ1n) is 8.04. The van der Waals surface area contributed by atoms with Gasteiger partial charge in [0.15, 0.2) is 12.9 Å². The molecular weight excluding hydrogens is 352 g/mol. The van der Waals surface area contributed by atoms with Crippen molar-refractivity contribution in [3.8, 4) is 11.5 Å². The van der Waals surface area contributed by atoms with E-state index in [1.807, 2.05) is 0 Å². The quantitative estimate of drug-likeness (QED) is 0.360. The van der Waals surface area contributed by atoms with Crippen molar-refractivity contribution in [3.05, 3.63) is 70.1 Å². The molecule has 3 rings (SSSR count). The normalized spacial score (nSPS) is 10.4. The number of fused-ring (bicyclic) bond motifs is 1. The van der Waals surface area contributed by atoms with Crippen molar-refractivity contribution in [3.63, 3.8) is 0 Å². The van der Waals surface area contributed by atoms with Crippen LogP contribution in [0.5, 0.6) is 11.5 Å². The van der Waals surface area contributed by atoms with Crippen LogP contribution in [0, 0.1) is 0 Å². The molecule has 2 aromatic carbocycles. The number of hydrogen-bond acceptors (Lipinski definition) is 7. The topological polar surface area (TPSA) is 92.0 Å². The molecule has 0 N–H and O–H groups in total. The lowest BCUT2D eigenvalue weighted by Gasteiger charge is -2.10. The van der Waals surface area contributed by atoms with Gasteiger partial charge in [-0.05, 0) is 24.3 Å². The average molecular weight is 368 g/mol. The standard InChI is InChI=1S/C20H16O7/c1-24-15-6-7-16-14(8-19(22)27-18(16)9-15)11-26-20(23)12-25-17-5-3-2-4-13(17)10-21/h2-10H,11-12H2,1H3. The second-order valence-corrected chi connectivity index (χ2v) is 5.56. The Morgan fingerprint density at radius 3 is 2.74 bits per heavy atom. The summed E-state index contributed by atoms with van der Waals surface area (Å²) in [7, 11) is 1.51. The third-order valence-corrected chi connectivity index (χ3v) is 3.82. The van der Waals surface area contributed by atoms with E-state index in [1.54, 1.807) is 42.5 Å². The average Bonchev–Trinajstić information content (AvgIpc) is 2.69. The lowest BCUT2D eigenvalue weighted by molar-refractivity contribution is -0.147. The van der Waals surface area contributed by atoms with Crippen LogP contribution in [0.15, 0.2) is 57.7 Å². The number of benzene rings is 2. The summed E-state index contributed by atoms with van der Waals surface area (Å²) in [5, 5.41) is 0.635. The molecule has 3 aromatic rings. The smallest absolute Gasteiger partial charge is 0.344 e. The van der Waals surface area contributed by atoms with Crippen LogP contribution >= 0.6 is 0 Å². The molecule has 1 aromatic heterocycles. The van der Waals surface area contributed by atoms with E-state index < -0.39 is 11.6 Å². The number of hydrogen-bond donors (Lipinski definition) is 0. The van der Waals surface area contributed by atoms with E-state index in [-0.39, 0.29) is 13.2 Å². The van der Waals surface area contributed by atoms with Crippen LogP contribution in [0.2, 0.25) is 0 Å². The van der Waals surface area contributed by atoms with E-state index in [4.69, 9.17) is 18.6 Å². The second-order valence-electron chi connectivity index (χ2n) is 5.56. The number of para-hydroxylation sites is 1. The van der Waals surface area contributed by atoms with E-state index in [2.05, 4.69) is 0 Å². The zero-order valence-corrected chi connectivity index (χ0v) is 14.5. The fourth-order valence-electron chi connectivity index (χ4n) is 2.50. The van der Waals surface area contributed by atoms with E-state index >= 15 is 0 Å². The van der Waals surface area contributed by atoms with Crippen molar-refractivity contribution >= 4 is 23.2 Å². The summed E-state index contributed by atoms with van der Waals surface area (Å²) in [5.74, 6) is 0.204. The van der Waals surface area contributed by atoms with Gasteiger partial charge in [0.25, 0.3) is 0 Å². The first-order chi connectivity index (χ1) is 13.1. The van der Waals surface area contributed by atoms with Gasteiger partial charge in [-0.1, -0.05) is 12.1 Å². The molecule has 0 aliphatic carbocycles. The molecule has 7 heteroatoms. The highest BCUT2D eigenvalue weighted by Crippen LogP contribution is 2.23. The van der Waals surface area contributed by atoms with Gasteiger partial charge in [0.1, 0.15) is 23.7 Å². The Hall–Kier alpha value is -3.61. The zero-order valence-electron chi connectivity index (χ0n) is 14.5. The first kappa shape index (κ1) is 18.2. The third kappa shape index (κ3) is 4.33. The highest BCUT2D eigenvalue weighted by Gasteiger charge is 2.11. The maximum atomic E-state index is 12.0. The molecule has 0 aliphatic rings. The summed E-state index contributed by atoms with van der Waals surface area (Å²) in [6.45, 7) is -0.482. The molecule has 27 heavy (non-hydrogen) atoms. The Bertz CT molecular complexity index is 1040. The number of carbonyl (C=O) groups is 2. The van der Waals surface area contributed by atoms with Gasteiger partial charge in [0.2, 0.25) is 0 Å². The highest BCUT2D eigenvalue weighted by atomic mass is 16.6. The molecule has 7 nitrogen and oxygen atoms in total. The molecular formula is C20H16O7. The van der Waals surface area contributed by atoms with E-state index in [1.165, 1.54) is 13.2 Å². The lowest BCUT2D eigenvalue weighted by atomic mass is 10.1. The van der Waals surface area contributed by atoms with Crippen LogP contribution in [-0.4, -0.2) is 26.0 Å². The van der Waals surface area contributed by atoms with Crippen LogP contribution in [0.3, 0.4) is 0 Å². The summed E-state index contributed by atoms with van der Waals surface area (Å²) >= 11 is 0.